The van der Waals surface area contributed by atoms with E-state index in [1.807, 2.05) is 29.6 Å². The Morgan fingerprint density at radius 3 is 2.80 bits per heavy atom. The van der Waals surface area contributed by atoms with Crippen molar-refractivity contribution in [1.29, 1.82) is 0 Å². The van der Waals surface area contributed by atoms with E-state index in [9.17, 15) is 0 Å². The zero-order valence-electron chi connectivity index (χ0n) is 12.7. The van der Waals surface area contributed by atoms with Crippen molar-refractivity contribution in [3.05, 3.63) is 54.3 Å². The predicted octanol–water partition coefficient (Wildman–Crippen LogP) is 3.60. The Morgan fingerprint density at radius 2 is 2.04 bits per heavy atom. The number of aromatic nitrogens is 6. The molecule has 1 N–H and O–H groups in total. The van der Waals surface area contributed by atoms with E-state index in [-0.39, 0.29) is 0 Å². The van der Waals surface area contributed by atoms with E-state index in [4.69, 9.17) is 4.52 Å². The molecule has 0 amide bonds. The van der Waals surface area contributed by atoms with Crippen LogP contribution < -0.4 is 0 Å². The van der Waals surface area contributed by atoms with Gasteiger partial charge in [-0.05, 0) is 18.2 Å². The summed E-state index contributed by atoms with van der Waals surface area (Å²) in [4.78, 5) is 8.96. The topological polar surface area (TPSA) is 93.4 Å². The van der Waals surface area contributed by atoms with Crippen LogP contribution in [0.4, 0.5) is 0 Å². The van der Waals surface area contributed by atoms with Gasteiger partial charge in [0.25, 0.3) is 0 Å². The average Bonchev–Trinajstić information content (AvgIpc) is 3.42. The summed E-state index contributed by atoms with van der Waals surface area (Å²) in [5.41, 5.74) is 4.96. The molecule has 1 aromatic carbocycles. The highest BCUT2D eigenvalue weighted by atomic mass is 32.1. The number of hydrogen-bond acceptors (Lipinski definition) is 7. The third-order valence-corrected chi connectivity index (χ3v) is 4.57. The summed E-state index contributed by atoms with van der Waals surface area (Å²) in [7, 11) is 0. The van der Waals surface area contributed by atoms with E-state index in [0.717, 1.165) is 33.1 Å². The summed E-state index contributed by atoms with van der Waals surface area (Å²) in [6.07, 6.45) is 5.26. The lowest BCUT2D eigenvalue weighted by Crippen LogP contribution is -1.94. The number of benzene rings is 1. The number of pyridine rings is 1. The number of fused-ring (bicyclic) bond motifs is 1. The number of nitrogens with zero attached hydrogens (tertiary/aromatic N) is 5. The first-order valence-corrected chi connectivity index (χ1v) is 8.32. The van der Waals surface area contributed by atoms with E-state index < -0.39 is 0 Å². The summed E-state index contributed by atoms with van der Waals surface area (Å²) in [6, 6.07) is 10.9. The first kappa shape index (κ1) is 14.0. The lowest BCUT2D eigenvalue weighted by Gasteiger charge is -2.11. The molecule has 0 saturated carbocycles. The molecule has 0 atom stereocenters. The van der Waals surface area contributed by atoms with E-state index in [1.54, 1.807) is 18.6 Å². The molecular formula is C17H9N6OS. The number of H-pyrrole nitrogens is 1. The van der Waals surface area contributed by atoms with Crippen LogP contribution in [0.5, 0.6) is 0 Å². The van der Waals surface area contributed by atoms with Gasteiger partial charge < -0.3 is 4.52 Å². The zero-order chi connectivity index (χ0) is 16.6. The molecule has 7 nitrogen and oxygen atoms in total. The molecule has 8 heteroatoms. The Balaban J connectivity index is 1.96. The van der Waals surface area contributed by atoms with Crippen molar-refractivity contribution < 1.29 is 4.52 Å². The normalized spacial score (nSPS) is 11.2. The largest absolute Gasteiger partial charge is 0.336 e. The van der Waals surface area contributed by atoms with Gasteiger partial charge in [0.05, 0.1) is 17.0 Å². The Labute approximate surface area is 145 Å². The molecular weight excluding hydrogens is 336 g/mol. The standard InChI is InChI=1S/C17H9N6OS/c1-2-5-18-11(3-1)14-10(17-19-7-8-25-17)9-13-16(24-23-22-13)15(14)12-4-6-20-21-12/h1-8H,(H,20,21). The van der Waals surface area contributed by atoms with E-state index in [0.29, 0.717) is 11.1 Å². The number of thiazole rings is 1. The van der Waals surface area contributed by atoms with Gasteiger partial charge in [0.1, 0.15) is 10.5 Å². The Bertz CT molecular complexity index is 1130. The van der Waals surface area contributed by atoms with Crippen molar-refractivity contribution in [3.8, 4) is 33.1 Å². The van der Waals surface area contributed by atoms with Crippen molar-refractivity contribution >= 4 is 22.4 Å². The van der Waals surface area contributed by atoms with Gasteiger partial charge in [0, 0.05) is 46.4 Å². The Morgan fingerprint density at radius 1 is 1.04 bits per heavy atom. The molecule has 4 heterocycles. The number of rotatable bonds is 3. The second-order valence-corrected chi connectivity index (χ2v) is 6.11. The van der Waals surface area contributed by atoms with Gasteiger partial charge in [-0.15, -0.1) is 16.4 Å². The van der Waals surface area contributed by atoms with Crippen molar-refractivity contribution in [2.45, 2.75) is 0 Å². The maximum absolute atomic E-state index is 5.42. The third kappa shape index (κ3) is 2.23. The third-order valence-electron chi connectivity index (χ3n) is 3.78. The molecule has 0 saturated heterocycles. The lowest BCUT2D eigenvalue weighted by molar-refractivity contribution is 0.424. The molecule has 0 aliphatic carbocycles. The highest BCUT2D eigenvalue weighted by Gasteiger charge is 2.24. The van der Waals surface area contributed by atoms with E-state index in [2.05, 4.69) is 36.6 Å². The summed E-state index contributed by atoms with van der Waals surface area (Å²) < 4.78 is 5.42. The van der Waals surface area contributed by atoms with Gasteiger partial charge in [0.2, 0.25) is 0 Å². The SMILES string of the molecule is [c]1c(-c2nccs2)c(-c2ccccn2)c(-c2cc[nH]n2)c2onnc12. The Kier molecular flexibility index (Phi) is 3.14. The van der Waals surface area contributed by atoms with Crippen LogP contribution >= 0.6 is 11.3 Å². The molecule has 0 bridgehead atoms. The second kappa shape index (κ2) is 5.60. The zero-order valence-corrected chi connectivity index (χ0v) is 13.5. The van der Waals surface area contributed by atoms with E-state index in [1.165, 1.54) is 11.3 Å². The smallest absolute Gasteiger partial charge is 0.198 e. The van der Waals surface area contributed by atoms with Crippen LogP contribution in [0.3, 0.4) is 0 Å². The maximum atomic E-state index is 5.42. The molecule has 119 valence electrons. The number of aromatic amines is 1. The minimum atomic E-state index is 0.521. The summed E-state index contributed by atoms with van der Waals surface area (Å²) in [5, 5.41) is 17.6. The minimum absolute atomic E-state index is 0.521. The molecule has 5 rings (SSSR count). The van der Waals surface area contributed by atoms with Gasteiger partial charge in [-0.2, -0.15) is 5.10 Å². The van der Waals surface area contributed by atoms with Crippen LogP contribution in [0.25, 0.3) is 44.2 Å². The fraction of sp³-hybridized carbons (Fsp3) is 0. The fourth-order valence-electron chi connectivity index (χ4n) is 2.77. The molecule has 0 fully saturated rings. The predicted molar refractivity (Wildman–Crippen MR) is 92.6 cm³/mol. The average molecular weight is 345 g/mol. The summed E-state index contributed by atoms with van der Waals surface area (Å²) in [6.45, 7) is 0. The molecule has 0 aliphatic rings. The van der Waals surface area contributed by atoms with Gasteiger partial charge in [-0.3, -0.25) is 10.1 Å². The van der Waals surface area contributed by atoms with Crippen LogP contribution in [0.15, 0.2) is 52.8 Å². The van der Waals surface area contributed by atoms with Gasteiger partial charge >= 0.3 is 0 Å². The molecule has 1 radical (unpaired) electrons. The molecule has 25 heavy (non-hydrogen) atoms. The van der Waals surface area contributed by atoms with E-state index >= 15 is 0 Å². The second-order valence-electron chi connectivity index (χ2n) is 5.21. The van der Waals surface area contributed by atoms with Gasteiger partial charge in [-0.25, -0.2) is 4.98 Å². The number of nitrogens with one attached hydrogen (secondary N) is 1. The first-order valence-electron chi connectivity index (χ1n) is 7.44. The maximum Gasteiger partial charge on any atom is 0.198 e. The minimum Gasteiger partial charge on any atom is -0.336 e. The van der Waals surface area contributed by atoms with Crippen molar-refractivity contribution in [2.75, 3.05) is 0 Å². The Hall–Kier alpha value is -3.39. The lowest BCUT2D eigenvalue weighted by atomic mass is 9.94. The van der Waals surface area contributed by atoms with Gasteiger partial charge in [-0.1, -0.05) is 6.07 Å². The quantitative estimate of drug-likeness (QED) is 0.537. The summed E-state index contributed by atoms with van der Waals surface area (Å²) >= 11 is 1.52. The molecule has 0 aliphatic heterocycles. The molecule has 5 aromatic rings. The highest BCUT2D eigenvalue weighted by molar-refractivity contribution is 7.13. The van der Waals surface area contributed by atoms with Crippen LogP contribution in [-0.2, 0) is 0 Å². The molecule has 0 unspecified atom stereocenters. The first-order chi connectivity index (χ1) is 12.4. The van der Waals surface area contributed by atoms with Crippen molar-refractivity contribution in [3.63, 3.8) is 0 Å². The van der Waals surface area contributed by atoms with Crippen LogP contribution in [-0.4, -0.2) is 30.5 Å². The van der Waals surface area contributed by atoms with Crippen LogP contribution in [0.2, 0.25) is 0 Å². The monoisotopic (exact) mass is 345 g/mol. The van der Waals surface area contributed by atoms with Crippen LogP contribution in [0, 0.1) is 6.07 Å². The molecule has 4 aromatic heterocycles. The highest BCUT2D eigenvalue weighted by Crippen LogP contribution is 2.42. The van der Waals surface area contributed by atoms with Gasteiger partial charge in [0.15, 0.2) is 5.58 Å². The fourth-order valence-corrected chi connectivity index (χ4v) is 3.42. The molecule has 0 spiro atoms. The number of hydrogen-bond donors (Lipinski definition) is 1. The van der Waals surface area contributed by atoms with Crippen molar-refractivity contribution in [2.24, 2.45) is 0 Å². The summed E-state index contributed by atoms with van der Waals surface area (Å²) in [5.74, 6) is 0. The van der Waals surface area contributed by atoms with Crippen molar-refractivity contribution in [1.82, 2.24) is 30.5 Å². The van der Waals surface area contributed by atoms with Crippen LogP contribution in [0.1, 0.15) is 0 Å².